The van der Waals surface area contributed by atoms with Gasteiger partial charge in [-0.25, -0.2) is 8.42 Å². The molecule has 0 N–H and O–H groups in total. The van der Waals surface area contributed by atoms with Gasteiger partial charge in [0.25, 0.3) is 0 Å². The molecule has 1 aliphatic rings. The molecule has 5 nitrogen and oxygen atoms in total. The van der Waals surface area contributed by atoms with Crippen molar-refractivity contribution < 1.29 is 26.3 Å². The number of rotatable bonds is 4. The lowest BCUT2D eigenvalue weighted by molar-refractivity contribution is -0.141. The minimum atomic E-state index is -4.59. The lowest BCUT2D eigenvalue weighted by Gasteiger charge is -2.31. The molecule has 0 amide bonds. The average molecular weight is 338 g/mol. The van der Waals surface area contributed by atoms with Crippen LogP contribution in [0.15, 0.2) is 23.2 Å². The normalized spacial score (nSPS) is 21.0. The third kappa shape index (κ3) is 3.76. The summed E-state index contributed by atoms with van der Waals surface area (Å²) in [6.07, 6.45) is -2.60. The van der Waals surface area contributed by atoms with E-state index in [0.717, 1.165) is 18.7 Å². The highest BCUT2D eigenvalue weighted by atomic mass is 32.2. The number of aromatic nitrogens is 1. The van der Waals surface area contributed by atoms with Crippen LogP contribution < -0.4 is 0 Å². The molecule has 0 aliphatic carbocycles. The first kappa shape index (κ1) is 17.2. The van der Waals surface area contributed by atoms with Gasteiger partial charge in [-0.3, -0.25) is 4.98 Å². The number of sulfonamides is 1. The third-order valence-electron chi connectivity index (χ3n) is 3.41. The van der Waals surface area contributed by atoms with Crippen LogP contribution in [0, 0.1) is 0 Å². The number of alkyl halides is 3. The van der Waals surface area contributed by atoms with Crippen molar-refractivity contribution in [3.63, 3.8) is 0 Å². The second-order valence-electron chi connectivity index (χ2n) is 4.96. The lowest BCUT2D eigenvalue weighted by atomic mass is 10.1. The lowest BCUT2D eigenvalue weighted by Crippen LogP contribution is -2.43. The summed E-state index contributed by atoms with van der Waals surface area (Å²) in [5.41, 5.74) is -1.11. The molecular formula is C13H17F3N2O3S. The second-order valence-corrected chi connectivity index (χ2v) is 6.90. The molecule has 1 fully saturated rings. The van der Waals surface area contributed by atoms with E-state index in [4.69, 9.17) is 4.74 Å². The van der Waals surface area contributed by atoms with Gasteiger partial charge in [-0.15, -0.1) is 0 Å². The minimum absolute atomic E-state index is 0.184. The smallest absolute Gasteiger partial charge is 0.377 e. The van der Waals surface area contributed by atoms with Crippen LogP contribution in [0.2, 0.25) is 0 Å². The van der Waals surface area contributed by atoms with E-state index in [1.54, 1.807) is 0 Å². The maximum Gasteiger partial charge on any atom is 0.433 e. The Morgan fingerprint density at radius 2 is 2.14 bits per heavy atom. The summed E-state index contributed by atoms with van der Waals surface area (Å²) < 4.78 is 69.0. The zero-order chi connectivity index (χ0) is 16.4. The molecule has 1 aromatic heterocycles. The molecule has 0 saturated carbocycles. The Hall–Kier alpha value is -1.19. The molecule has 1 saturated heterocycles. The van der Waals surface area contributed by atoms with E-state index in [1.165, 1.54) is 4.31 Å². The Morgan fingerprint density at radius 1 is 1.41 bits per heavy atom. The number of halogens is 3. The van der Waals surface area contributed by atoms with Crippen molar-refractivity contribution in [2.24, 2.45) is 0 Å². The summed E-state index contributed by atoms with van der Waals surface area (Å²) in [7, 11) is -3.85. The maximum atomic E-state index is 12.5. The van der Waals surface area contributed by atoms with Crippen molar-refractivity contribution >= 4 is 10.0 Å². The summed E-state index contributed by atoms with van der Waals surface area (Å²) in [5.74, 6) is 0. The van der Waals surface area contributed by atoms with E-state index in [1.807, 2.05) is 6.92 Å². The van der Waals surface area contributed by atoms with Crippen LogP contribution in [-0.2, 0) is 20.9 Å². The maximum absolute atomic E-state index is 12.5. The van der Waals surface area contributed by atoms with E-state index >= 15 is 0 Å². The van der Waals surface area contributed by atoms with Crippen molar-refractivity contribution in [1.82, 2.24) is 9.29 Å². The van der Waals surface area contributed by atoms with Crippen molar-refractivity contribution in [2.45, 2.75) is 36.9 Å². The van der Waals surface area contributed by atoms with Crippen LogP contribution in [0.25, 0.3) is 0 Å². The fourth-order valence-corrected chi connectivity index (χ4v) is 3.80. The van der Waals surface area contributed by atoms with Gasteiger partial charge in [-0.1, -0.05) is 0 Å². The van der Waals surface area contributed by atoms with Crippen molar-refractivity contribution in [3.05, 3.63) is 24.0 Å². The largest absolute Gasteiger partial charge is 0.433 e. The monoisotopic (exact) mass is 338 g/mol. The molecule has 2 heterocycles. The number of ether oxygens (including phenoxy) is 1. The van der Waals surface area contributed by atoms with Gasteiger partial charge in [0.2, 0.25) is 10.0 Å². The molecule has 124 valence electrons. The van der Waals surface area contributed by atoms with Gasteiger partial charge in [0, 0.05) is 25.9 Å². The van der Waals surface area contributed by atoms with Gasteiger partial charge in [0.15, 0.2) is 0 Å². The highest BCUT2D eigenvalue weighted by Gasteiger charge is 2.34. The fourth-order valence-electron chi connectivity index (χ4n) is 2.34. The van der Waals surface area contributed by atoms with Gasteiger partial charge in [0.1, 0.15) is 10.6 Å². The van der Waals surface area contributed by atoms with E-state index in [0.29, 0.717) is 25.6 Å². The fraction of sp³-hybridized carbons (Fsp3) is 0.615. The quantitative estimate of drug-likeness (QED) is 0.845. The zero-order valence-electron chi connectivity index (χ0n) is 12.0. The van der Waals surface area contributed by atoms with E-state index < -0.39 is 21.9 Å². The first-order valence-electron chi connectivity index (χ1n) is 6.90. The predicted molar refractivity (Wildman–Crippen MR) is 72.6 cm³/mol. The molecular weight excluding hydrogens is 321 g/mol. The molecule has 1 aliphatic heterocycles. The van der Waals surface area contributed by atoms with Crippen LogP contribution in [0.1, 0.15) is 25.5 Å². The number of nitrogens with zero attached hydrogens (tertiary/aromatic N) is 2. The molecule has 2 rings (SSSR count). The van der Waals surface area contributed by atoms with E-state index in [-0.39, 0.29) is 17.5 Å². The molecule has 0 unspecified atom stereocenters. The van der Waals surface area contributed by atoms with E-state index in [9.17, 15) is 21.6 Å². The van der Waals surface area contributed by atoms with Crippen LogP contribution in [-0.4, -0.2) is 43.5 Å². The average Bonchev–Trinajstić information content (AvgIpc) is 2.47. The third-order valence-corrected chi connectivity index (χ3v) is 5.26. The Labute approximate surface area is 127 Å². The van der Waals surface area contributed by atoms with Crippen LogP contribution in [0.5, 0.6) is 0 Å². The van der Waals surface area contributed by atoms with Crippen molar-refractivity contribution in [2.75, 3.05) is 19.7 Å². The number of pyridine rings is 1. The number of hydrogen-bond donors (Lipinski definition) is 0. The number of hydrogen-bond acceptors (Lipinski definition) is 4. The summed E-state index contributed by atoms with van der Waals surface area (Å²) >= 11 is 0. The molecule has 0 aromatic carbocycles. The highest BCUT2D eigenvalue weighted by molar-refractivity contribution is 7.89. The summed E-state index contributed by atoms with van der Waals surface area (Å²) in [6.45, 7) is 2.84. The zero-order valence-corrected chi connectivity index (χ0v) is 12.8. The molecule has 9 heteroatoms. The Morgan fingerprint density at radius 3 is 2.68 bits per heavy atom. The Kier molecular flexibility index (Phi) is 5.08. The molecule has 1 atom stereocenters. The standard InChI is InChI=1S/C13H17F3N2O3S/c1-2-21-10-4-3-7-18(9-10)22(19,20)11-5-6-12(17-8-11)13(14,15)16/h5-6,8,10H,2-4,7,9H2,1H3/t10-/m1/s1. The molecule has 0 radical (unpaired) electrons. The minimum Gasteiger partial charge on any atom is -0.377 e. The first-order chi connectivity index (χ1) is 10.2. The SMILES string of the molecule is CCO[C@@H]1CCCN(S(=O)(=O)c2ccc(C(F)(F)F)nc2)C1. The van der Waals surface area contributed by atoms with Crippen LogP contribution >= 0.6 is 0 Å². The summed E-state index contributed by atoms with van der Waals surface area (Å²) in [6, 6.07) is 1.62. The van der Waals surface area contributed by atoms with Crippen molar-refractivity contribution in [3.8, 4) is 0 Å². The predicted octanol–water partition coefficient (Wildman–Crippen LogP) is 2.29. The summed E-state index contributed by atoms with van der Waals surface area (Å²) in [5, 5.41) is 0. The van der Waals surface area contributed by atoms with Gasteiger partial charge < -0.3 is 4.74 Å². The van der Waals surface area contributed by atoms with Gasteiger partial charge in [-0.2, -0.15) is 17.5 Å². The Balaban J connectivity index is 2.19. The number of piperidine rings is 1. The van der Waals surface area contributed by atoms with Gasteiger partial charge >= 0.3 is 6.18 Å². The first-order valence-corrected chi connectivity index (χ1v) is 8.34. The Bertz CT molecular complexity index is 600. The van der Waals surface area contributed by atoms with Gasteiger partial charge in [0.05, 0.1) is 6.10 Å². The topological polar surface area (TPSA) is 59.5 Å². The molecule has 0 spiro atoms. The summed E-state index contributed by atoms with van der Waals surface area (Å²) in [4.78, 5) is 2.97. The van der Waals surface area contributed by atoms with Crippen molar-refractivity contribution in [1.29, 1.82) is 0 Å². The van der Waals surface area contributed by atoms with E-state index in [2.05, 4.69) is 4.98 Å². The highest BCUT2D eigenvalue weighted by Crippen LogP contribution is 2.28. The second kappa shape index (κ2) is 6.51. The van der Waals surface area contributed by atoms with Crippen LogP contribution in [0.3, 0.4) is 0 Å². The van der Waals surface area contributed by atoms with Crippen LogP contribution in [0.4, 0.5) is 13.2 Å². The van der Waals surface area contributed by atoms with Gasteiger partial charge in [-0.05, 0) is 31.9 Å². The molecule has 0 bridgehead atoms. The molecule has 1 aromatic rings. The molecule has 22 heavy (non-hydrogen) atoms.